The Balaban J connectivity index is 1.33. The molecule has 3 fully saturated rings. The highest BCUT2D eigenvalue weighted by Gasteiger charge is 2.45. The summed E-state index contributed by atoms with van der Waals surface area (Å²) in [4.78, 5) is 15.0. The van der Waals surface area contributed by atoms with Crippen LogP contribution in [0.25, 0.3) is 0 Å². The lowest BCUT2D eigenvalue weighted by atomic mass is 9.81. The molecule has 2 aliphatic heterocycles. The lowest BCUT2D eigenvalue weighted by Gasteiger charge is -2.49. The zero-order valence-corrected chi connectivity index (χ0v) is 13.9. The molecule has 24 heavy (non-hydrogen) atoms. The molecule has 1 aromatic rings. The second-order valence-corrected chi connectivity index (χ2v) is 7.37. The average molecular weight is 324 g/mol. The van der Waals surface area contributed by atoms with Crippen LogP contribution in [-0.2, 0) is 0 Å². The summed E-state index contributed by atoms with van der Waals surface area (Å²) in [6.45, 7) is 0. The van der Waals surface area contributed by atoms with Crippen LogP contribution in [0, 0.1) is 11.3 Å². The van der Waals surface area contributed by atoms with Crippen molar-refractivity contribution in [2.24, 2.45) is 0 Å². The van der Waals surface area contributed by atoms with E-state index in [0.717, 1.165) is 24.6 Å². The van der Waals surface area contributed by atoms with Crippen LogP contribution in [-0.4, -0.2) is 35.1 Å². The number of urea groups is 1. The van der Waals surface area contributed by atoms with Gasteiger partial charge in [0.25, 0.3) is 0 Å². The highest BCUT2D eigenvalue weighted by molar-refractivity contribution is 5.89. The van der Waals surface area contributed by atoms with Crippen LogP contribution in [0.5, 0.6) is 0 Å². The molecule has 2 atom stereocenters. The number of carbonyl (C=O) groups is 1. The zero-order valence-electron chi connectivity index (χ0n) is 13.9. The van der Waals surface area contributed by atoms with Gasteiger partial charge in [-0.3, -0.25) is 4.90 Å². The minimum atomic E-state index is -0.136. The number of fused-ring (bicyclic) bond motifs is 2. The topological polar surface area (TPSA) is 68.2 Å². The molecule has 0 unspecified atom stereocenters. The van der Waals surface area contributed by atoms with Crippen molar-refractivity contribution in [3.05, 3.63) is 29.8 Å². The Bertz CT molecular complexity index is 632. The minimum Gasteiger partial charge on any atom is -0.335 e. The predicted octanol–water partition coefficient (Wildman–Crippen LogP) is 3.23. The predicted molar refractivity (Wildman–Crippen MR) is 92.6 cm³/mol. The summed E-state index contributed by atoms with van der Waals surface area (Å²) < 4.78 is 0. The number of anilines is 1. The maximum atomic E-state index is 12.3. The first kappa shape index (κ1) is 15.5. The second-order valence-electron chi connectivity index (χ2n) is 7.37. The maximum Gasteiger partial charge on any atom is 0.319 e. The second kappa shape index (κ2) is 6.45. The van der Waals surface area contributed by atoms with Gasteiger partial charge in [0.15, 0.2) is 0 Å². The van der Waals surface area contributed by atoms with Crippen molar-refractivity contribution in [3.8, 4) is 6.07 Å². The molecular weight excluding hydrogens is 300 g/mol. The van der Waals surface area contributed by atoms with Crippen LogP contribution >= 0.6 is 0 Å². The van der Waals surface area contributed by atoms with E-state index in [1.807, 2.05) is 0 Å². The number of nitriles is 1. The lowest BCUT2D eigenvalue weighted by molar-refractivity contribution is 0.0198. The van der Waals surface area contributed by atoms with Gasteiger partial charge < -0.3 is 10.6 Å². The number of nitrogens with zero attached hydrogens (tertiary/aromatic N) is 2. The molecule has 2 heterocycles. The lowest BCUT2D eigenvalue weighted by Crippen LogP contribution is -2.58. The highest BCUT2D eigenvalue weighted by Crippen LogP contribution is 2.41. The van der Waals surface area contributed by atoms with Crippen molar-refractivity contribution in [3.63, 3.8) is 0 Å². The van der Waals surface area contributed by atoms with Gasteiger partial charge >= 0.3 is 6.03 Å². The van der Waals surface area contributed by atoms with Gasteiger partial charge in [-0.25, -0.2) is 4.79 Å². The number of hydrogen-bond acceptors (Lipinski definition) is 3. The van der Waals surface area contributed by atoms with Crippen LogP contribution in [0.3, 0.4) is 0 Å². The number of piperidine rings is 2. The summed E-state index contributed by atoms with van der Waals surface area (Å²) >= 11 is 0. The van der Waals surface area contributed by atoms with Crippen LogP contribution in [0.1, 0.15) is 50.5 Å². The Morgan fingerprint density at radius 1 is 1.04 bits per heavy atom. The van der Waals surface area contributed by atoms with Crippen molar-refractivity contribution in [2.45, 2.75) is 69.1 Å². The first-order chi connectivity index (χ1) is 11.7. The fourth-order valence-corrected chi connectivity index (χ4v) is 4.49. The minimum absolute atomic E-state index is 0.136. The molecule has 2 bridgehead atoms. The molecule has 4 rings (SSSR count). The molecule has 126 valence electrons. The Hall–Kier alpha value is -2.06. The number of rotatable bonds is 3. The number of nitrogens with one attached hydrogen (secondary N) is 2. The van der Waals surface area contributed by atoms with Gasteiger partial charge in [-0.15, -0.1) is 0 Å². The summed E-state index contributed by atoms with van der Waals surface area (Å²) in [5, 5.41) is 14.9. The van der Waals surface area contributed by atoms with Gasteiger partial charge in [-0.1, -0.05) is 6.42 Å². The SMILES string of the molecule is N#Cc1ccc(NC(=O)NC2C[C@H]3CCC[C@H](C2)N3C2CC2)cc1. The summed E-state index contributed by atoms with van der Waals surface area (Å²) in [7, 11) is 0. The highest BCUT2D eigenvalue weighted by atomic mass is 16.2. The fraction of sp³-hybridized carbons (Fsp3) is 0.579. The number of carbonyl (C=O) groups excluding carboxylic acids is 1. The zero-order chi connectivity index (χ0) is 16.5. The van der Waals surface area contributed by atoms with E-state index >= 15 is 0 Å². The van der Waals surface area contributed by atoms with Gasteiger partial charge in [0.2, 0.25) is 0 Å². The third kappa shape index (κ3) is 3.25. The van der Waals surface area contributed by atoms with Crippen molar-refractivity contribution >= 4 is 11.7 Å². The van der Waals surface area contributed by atoms with Crippen LogP contribution < -0.4 is 10.6 Å². The van der Waals surface area contributed by atoms with E-state index in [4.69, 9.17) is 5.26 Å². The van der Waals surface area contributed by atoms with Gasteiger partial charge in [-0.05, 0) is 62.8 Å². The molecule has 2 saturated heterocycles. The molecule has 1 aromatic carbocycles. The van der Waals surface area contributed by atoms with E-state index in [2.05, 4.69) is 21.6 Å². The molecule has 2 amide bonds. The molecule has 3 aliphatic rings. The van der Waals surface area contributed by atoms with Crippen molar-refractivity contribution in [1.82, 2.24) is 10.2 Å². The van der Waals surface area contributed by atoms with Gasteiger partial charge in [0, 0.05) is 29.9 Å². The van der Waals surface area contributed by atoms with Gasteiger partial charge in [0.05, 0.1) is 11.6 Å². The van der Waals surface area contributed by atoms with E-state index in [0.29, 0.717) is 17.6 Å². The molecule has 1 aliphatic carbocycles. The van der Waals surface area contributed by atoms with Gasteiger partial charge in [0.1, 0.15) is 0 Å². The summed E-state index contributed by atoms with van der Waals surface area (Å²) in [6, 6.07) is 11.3. The van der Waals surface area contributed by atoms with E-state index < -0.39 is 0 Å². The Morgan fingerprint density at radius 2 is 1.71 bits per heavy atom. The Labute approximate surface area is 143 Å². The molecule has 0 radical (unpaired) electrons. The summed E-state index contributed by atoms with van der Waals surface area (Å²) in [5.41, 5.74) is 1.32. The van der Waals surface area contributed by atoms with Crippen LogP contribution in [0.15, 0.2) is 24.3 Å². The van der Waals surface area contributed by atoms with Crippen LogP contribution in [0.4, 0.5) is 10.5 Å². The number of hydrogen-bond donors (Lipinski definition) is 2. The van der Waals surface area contributed by atoms with E-state index in [1.165, 1.54) is 32.1 Å². The number of amides is 2. The molecular formula is C19H24N4O. The van der Waals surface area contributed by atoms with Crippen molar-refractivity contribution < 1.29 is 4.79 Å². The first-order valence-electron chi connectivity index (χ1n) is 9.08. The largest absolute Gasteiger partial charge is 0.335 e. The average Bonchev–Trinajstić information content (AvgIpc) is 3.39. The van der Waals surface area contributed by atoms with Gasteiger partial charge in [-0.2, -0.15) is 5.26 Å². The molecule has 2 N–H and O–H groups in total. The monoisotopic (exact) mass is 324 g/mol. The third-order valence-corrected chi connectivity index (χ3v) is 5.61. The van der Waals surface area contributed by atoms with E-state index in [-0.39, 0.29) is 12.1 Å². The molecule has 5 nitrogen and oxygen atoms in total. The number of benzene rings is 1. The molecule has 1 saturated carbocycles. The maximum absolute atomic E-state index is 12.3. The smallest absolute Gasteiger partial charge is 0.319 e. The molecule has 0 spiro atoms. The summed E-state index contributed by atoms with van der Waals surface area (Å²) in [6.07, 6.45) is 8.78. The normalized spacial score (nSPS) is 29.5. The standard InChI is InChI=1S/C19H24N4O/c20-12-13-4-6-14(7-5-13)21-19(24)22-15-10-17-2-1-3-18(11-15)23(17)16-8-9-16/h4-7,15-18H,1-3,8-11H2,(H2,21,22,24)/t17-,18-/m1/s1. The van der Waals surface area contributed by atoms with Crippen molar-refractivity contribution in [1.29, 1.82) is 5.26 Å². The quantitative estimate of drug-likeness (QED) is 0.897. The fourth-order valence-electron chi connectivity index (χ4n) is 4.49. The van der Waals surface area contributed by atoms with E-state index in [1.54, 1.807) is 24.3 Å². The Kier molecular flexibility index (Phi) is 4.15. The van der Waals surface area contributed by atoms with E-state index in [9.17, 15) is 4.79 Å². The Morgan fingerprint density at radius 3 is 2.29 bits per heavy atom. The van der Waals surface area contributed by atoms with Crippen LogP contribution in [0.2, 0.25) is 0 Å². The first-order valence-corrected chi connectivity index (χ1v) is 9.08. The molecule has 5 heteroatoms. The van der Waals surface area contributed by atoms with Crippen molar-refractivity contribution in [2.75, 3.05) is 5.32 Å². The third-order valence-electron chi connectivity index (χ3n) is 5.61. The summed E-state index contributed by atoms with van der Waals surface area (Å²) in [5.74, 6) is 0. The molecule has 0 aromatic heterocycles.